The summed E-state index contributed by atoms with van der Waals surface area (Å²) in [7, 11) is 0. The monoisotopic (exact) mass is 151 g/mol. The van der Waals surface area contributed by atoms with Crippen LogP contribution in [0.15, 0.2) is 23.4 Å². The number of hydrogen-bond acceptors (Lipinski definition) is 2. The molecule has 2 N–H and O–H groups in total. The van der Waals surface area contributed by atoms with Crippen molar-refractivity contribution < 1.29 is 9.90 Å². The summed E-state index contributed by atoms with van der Waals surface area (Å²) in [6, 6.07) is 0. The van der Waals surface area contributed by atoms with E-state index in [-0.39, 0.29) is 5.92 Å². The smallest absolute Gasteiger partial charge is 0.312 e. The van der Waals surface area contributed by atoms with Gasteiger partial charge in [0.05, 0.1) is 5.92 Å². The van der Waals surface area contributed by atoms with Gasteiger partial charge in [-0.05, 0) is 18.1 Å². The average molecular weight is 151 g/mol. The average Bonchev–Trinajstić information content (AvgIpc) is 2.41. The van der Waals surface area contributed by atoms with Gasteiger partial charge in [0.15, 0.2) is 0 Å². The van der Waals surface area contributed by atoms with Gasteiger partial charge in [0.25, 0.3) is 0 Å². The Bertz CT molecular complexity index is 265. The summed E-state index contributed by atoms with van der Waals surface area (Å²) >= 11 is 0. The Morgan fingerprint density at radius 3 is 3.27 bits per heavy atom. The van der Waals surface area contributed by atoms with E-state index in [0.29, 0.717) is 6.54 Å². The Hall–Kier alpha value is -1.25. The van der Waals surface area contributed by atoms with E-state index in [0.717, 1.165) is 17.7 Å². The van der Waals surface area contributed by atoms with Gasteiger partial charge in [-0.2, -0.15) is 0 Å². The van der Waals surface area contributed by atoms with E-state index in [4.69, 9.17) is 5.11 Å². The highest BCUT2D eigenvalue weighted by Gasteiger charge is 2.30. The number of allylic oxidation sites excluding steroid dienone is 2. The fourth-order valence-corrected chi connectivity index (χ4v) is 1.59. The SMILES string of the molecule is O=C(O)C1CNC2=C1CC=C2. The molecule has 2 aliphatic rings. The van der Waals surface area contributed by atoms with E-state index in [1.807, 2.05) is 12.2 Å². The number of carboxylic acids is 1. The lowest BCUT2D eigenvalue weighted by molar-refractivity contribution is -0.139. The molecular weight excluding hydrogens is 142 g/mol. The lowest BCUT2D eigenvalue weighted by Crippen LogP contribution is -2.20. The molecule has 58 valence electrons. The van der Waals surface area contributed by atoms with Crippen molar-refractivity contribution in [3.8, 4) is 0 Å². The van der Waals surface area contributed by atoms with E-state index in [1.165, 1.54) is 0 Å². The lowest BCUT2D eigenvalue weighted by Gasteiger charge is -2.04. The highest BCUT2D eigenvalue weighted by Crippen LogP contribution is 2.29. The zero-order valence-corrected chi connectivity index (χ0v) is 6.00. The van der Waals surface area contributed by atoms with Crippen LogP contribution in [0, 0.1) is 5.92 Å². The zero-order valence-electron chi connectivity index (χ0n) is 6.00. The second-order valence-electron chi connectivity index (χ2n) is 2.82. The molecule has 0 fully saturated rings. The van der Waals surface area contributed by atoms with Crippen molar-refractivity contribution in [2.45, 2.75) is 6.42 Å². The number of hydrogen-bond donors (Lipinski definition) is 2. The maximum absolute atomic E-state index is 10.6. The van der Waals surface area contributed by atoms with Gasteiger partial charge in [0.2, 0.25) is 0 Å². The van der Waals surface area contributed by atoms with Crippen LogP contribution in [0.5, 0.6) is 0 Å². The fraction of sp³-hybridized carbons (Fsp3) is 0.375. The molecule has 0 amide bonds. The Labute approximate surface area is 64.4 Å². The van der Waals surface area contributed by atoms with Crippen LogP contribution >= 0.6 is 0 Å². The molecule has 1 aliphatic carbocycles. The Balaban J connectivity index is 2.25. The minimum absolute atomic E-state index is 0.292. The maximum Gasteiger partial charge on any atom is 0.312 e. The van der Waals surface area contributed by atoms with Crippen molar-refractivity contribution in [3.05, 3.63) is 23.4 Å². The van der Waals surface area contributed by atoms with Gasteiger partial charge in [-0.3, -0.25) is 4.79 Å². The maximum atomic E-state index is 10.6. The number of carboxylic acid groups (broad SMARTS) is 1. The summed E-state index contributed by atoms with van der Waals surface area (Å²) in [6.45, 7) is 0.560. The summed E-state index contributed by atoms with van der Waals surface area (Å²) in [6.07, 6.45) is 4.75. The van der Waals surface area contributed by atoms with Gasteiger partial charge < -0.3 is 10.4 Å². The molecule has 1 unspecified atom stereocenters. The molecule has 0 spiro atoms. The van der Waals surface area contributed by atoms with Crippen molar-refractivity contribution in [2.24, 2.45) is 5.92 Å². The molecule has 1 atom stereocenters. The first-order valence-electron chi connectivity index (χ1n) is 3.65. The van der Waals surface area contributed by atoms with Crippen LogP contribution in [-0.4, -0.2) is 17.6 Å². The van der Waals surface area contributed by atoms with Crippen molar-refractivity contribution in [1.82, 2.24) is 5.32 Å². The summed E-state index contributed by atoms with van der Waals surface area (Å²) < 4.78 is 0. The van der Waals surface area contributed by atoms with Gasteiger partial charge in [0, 0.05) is 12.2 Å². The first-order valence-corrected chi connectivity index (χ1v) is 3.65. The number of aliphatic carboxylic acids is 1. The third-order valence-electron chi connectivity index (χ3n) is 2.18. The third-order valence-corrected chi connectivity index (χ3v) is 2.18. The highest BCUT2D eigenvalue weighted by atomic mass is 16.4. The minimum Gasteiger partial charge on any atom is -0.481 e. The molecule has 2 rings (SSSR count). The second-order valence-corrected chi connectivity index (χ2v) is 2.82. The van der Waals surface area contributed by atoms with Crippen LogP contribution in [-0.2, 0) is 4.79 Å². The molecule has 3 heteroatoms. The van der Waals surface area contributed by atoms with Crippen molar-refractivity contribution in [3.63, 3.8) is 0 Å². The molecule has 0 saturated heterocycles. The van der Waals surface area contributed by atoms with Crippen LogP contribution in [0.4, 0.5) is 0 Å². The summed E-state index contributed by atoms with van der Waals surface area (Å²) in [5.41, 5.74) is 2.06. The number of nitrogens with one attached hydrogen (secondary N) is 1. The van der Waals surface area contributed by atoms with E-state index in [1.54, 1.807) is 0 Å². The Morgan fingerprint density at radius 1 is 1.73 bits per heavy atom. The molecule has 0 bridgehead atoms. The minimum atomic E-state index is -0.716. The van der Waals surface area contributed by atoms with Crippen LogP contribution in [0.3, 0.4) is 0 Å². The van der Waals surface area contributed by atoms with Crippen molar-refractivity contribution >= 4 is 5.97 Å². The second kappa shape index (κ2) is 2.12. The van der Waals surface area contributed by atoms with E-state index in [2.05, 4.69) is 5.32 Å². The molecule has 0 radical (unpaired) electrons. The van der Waals surface area contributed by atoms with E-state index < -0.39 is 5.97 Å². The van der Waals surface area contributed by atoms with Gasteiger partial charge >= 0.3 is 5.97 Å². The zero-order chi connectivity index (χ0) is 7.84. The topological polar surface area (TPSA) is 49.3 Å². The van der Waals surface area contributed by atoms with Crippen molar-refractivity contribution in [2.75, 3.05) is 6.54 Å². The predicted octanol–water partition coefficient (Wildman–Crippen LogP) is 0.504. The normalized spacial score (nSPS) is 27.1. The summed E-state index contributed by atoms with van der Waals surface area (Å²) in [5.74, 6) is -1.01. The van der Waals surface area contributed by atoms with Crippen LogP contribution < -0.4 is 5.32 Å². The summed E-state index contributed by atoms with van der Waals surface area (Å²) in [5, 5.41) is 11.8. The summed E-state index contributed by atoms with van der Waals surface area (Å²) in [4.78, 5) is 10.6. The molecular formula is C8H9NO2. The van der Waals surface area contributed by atoms with E-state index in [9.17, 15) is 4.79 Å². The van der Waals surface area contributed by atoms with Crippen LogP contribution in [0.25, 0.3) is 0 Å². The predicted molar refractivity (Wildman–Crippen MR) is 39.9 cm³/mol. The Kier molecular flexibility index (Phi) is 1.24. The molecule has 0 aromatic carbocycles. The molecule has 0 aromatic rings. The number of rotatable bonds is 1. The third kappa shape index (κ3) is 0.843. The molecule has 0 saturated carbocycles. The quantitative estimate of drug-likeness (QED) is 0.574. The molecule has 11 heavy (non-hydrogen) atoms. The van der Waals surface area contributed by atoms with Gasteiger partial charge in [-0.15, -0.1) is 0 Å². The Morgan fingerprint density at radius 2 is 2.55 bits per heavy atom. The number of carbonyl (C=O) groups is 1. The standard InChI is InChI=1S/C8H9NO2/c10-8(11)6-4-9-7-3-1-2-5(6)7/h1,3,6,9H,2,4H2,(H,10,11). The first kappa shape index (κ1) is 6.46. The van der Waals surface area contributed by atoms with Crippen molar-refractivity contribution in [1.29, 1.82) is 0 Å². The van der Waals surface area contributed by atoms with Gasteiger partial charge in [0.1, 0.15) is 0 Å². The molecule has 1 aliphatic heterocycles. The van der Waals surface area contributed by atoms with Crippen LogP contribution in [0.1, 0.15) is 6.42 Å². The lowest BCUT2D eigenvalue weighted by atomic mass is 10.0. The molecule has 1 heterocycles. The van der Waals surface area contributed by atoms with Crippen LogP contribution in [0.2, 0.25) is 0 Å². The highest BCUT2D eigenvalue weighted by molar-refractivity contribution is 5.76. The van der Waals surface area contributed by atoms with Gasteiger partial charge in [-0.1, -0.05) is 6.08 Å². The molecule has 3 nitrogen and oxygen atoms in total. The van der Waals surface area contributed by atoms with Gasteiger partial charge in [-0.25, -0.2) is 0 Å². The first-order chi connectivity index (χ1) is 5.29. The molecule has 0 aromatic heterocycles. The largest absolute Gasteiger partial charge is 0.481 e. The fourth-order valence-electron chi connectivity index (χ4n) is 1.59. The van der Waals surface area contributed by atoms with E-state index >= 15 is 0 Å².